The lowest BCUT2D eigenvalue weighted by Crippen LogP contribution is -2.54. The third kappa shape index (κ3) is 2.44. The summed E-state index contributed by atoms with van der Waals surface area (Å²) in [6.45, 7) is 6.12. The van der Waals surface area contributed by atoms with Gasteiger partial charge < -0.3 is 15.6 Å². The Bertz CT molecular complexity index is 641. The molecule has 25 heavy (non-hydrogen) atoms. The summed E-state index contributed by atoms with van der Waals surface area (Å²) >= 11 is 0. The molecule has 3 N–H and O–H groups in total. The van der Waals surface area contributed by atoms with Gasteiger partial charge >= 0.3 is 5.97 Å². The number of hydrogen-bond donors (Lipinski definition) is 2. The van der Waals surface area contributed by atoms with Gasteiger partial charge in [-0.3, -0.25) is 4.79 Å². The molecular weight excluding hydrogens is 314 g/mol. The predicted molar refractivity (Wildman–Crippen MR) is 96.2 cm³/mol. The molecule has 0 aliphatic heterocycles. The molecule has 0 unspecified atom stereocenters. The van der Waals surface area contributed by atoms with Gasteiger partial charge in [-0.1, -0.05) is 26.0 Å². The zero-order valence-corrected chi connectivity index (χ0v) is 15.6. The fraction of sp³-hybridized carbons (Fsp3) is 0.762. The SMILES string of the molecule is CC(=O)OC1=C[C@H]2[C@@H]3CC[C@@H]4C[C@@H](O)C=C[C@]4(C)[C@H]3CC[C@]2(C)[C@H]1N. The van der Waals surface area contributed by atoms with Crippen LogP contribution < -0.4 is 5.73 Å². The van der Waals surface area contributed by atoms with E-state index in [1.165, 1.54) is 19.8 Å². The highest BCUT2D eigenvalue weighted by Crippen LogP contribution is 2.64. The largest absolute Gasteiger partial charge is 0.430 e. The van der Waals surface area contributed by atoms with Gasteiger partial charge in [-0.25, -0.2) is 0 Å². The van der Waals surface area contributed by atoms with Gasteiger partial charge in [0.05, 0.1) is 12.1 Å². The third-order valence-electron chi connectivity index (χ3n) is 8.09. The van der Waals surface area contributed by atoms with Crippen molar-refractivity contribution in [2.45, 2.75) is 65.0 Å². The first-order valence-electron chi connectivity index (χ1n) is 9.79. The second-order valence-electron chi connectivity index (χ2n) is 9.28. The van der Waals surface area contributed by atoms with Crippen LogP contribution in [0.1, 0.15) is 52.9 Å². The van der Waals surface area contributed by atoms with E-state index in [0.29, 0.717) is 29.4 Å². The van der Waals surface area contributed by atoms with E-state index in [0.717, 1.165) is 19.3 Å². The van der Waals surface area contributed by atoms with Crippen molar-refractivity contribution in [1.82, 2.24) is 0 Å². The van der Waals surface area contributed by atoms with E-state index in [-0.39, 0.29) is 28.9 Å². The van der Waals surface area contributed by atoms with Crippen LogP contribution in [0.5, 0.6) is 0 Å². The molecule has 0 amide bonds. The van der Waals surface area contributed by atoms with E-state index in [9.17, 15) is 9.90 Å². The number of allylic oxidation sites excluding steroid dienone is 2. The Balaban J connectivity index is 1.67. The average Bonchev–Trinajstić information content (AvgIpc) is 2.79. The van der Waals surface area contributed by atoms with Crippen molar-refractivity contribution in [3.05, 3.63) is 24.0 Å². The molecule has 0 bridgehead atoms. The van der Waals surface area contributed by atoms with Crippen LogP contribution in [0.4, 0.5) is 0 Å². The molecule has 0 saturated heterocycles. The van der Waals surface area contributed by atoms with Crippen molar-refractivity contribution < 1.29 is 14.6 Å². The van der Waals surface area contributed by atoms with Gasteiger partial charge in [0.15, 0.2) is 0 Å². The van der Waals surface area contributed by atoms with Gasteiger partial charge in [0.1, 0.15) is 5.76 Å². The average molecular weight is 345 g/mol. The first kappa shape index (κ1) is 17.3. The van der Waals surface area contributed by atoms with E-state index in [1.807, 2.05) is 6.08 Å². The molecule has 0 aromatic heterocycles. The molecular formula is C21H31NO3. The topological polar surface area (TPSA) is 72.5 Å². The van der Waals surface area contributed by atoms with Crippen LogP contribution in [0.25, 0.3) is 0 Å². The van der Waals surface area contributed by atoms with E-state index >= 15 is 0 Å². The monoisotopic (exact) mass is 345 g/mol. The van der Waals surface area contributed by atoms with E-state index in [4.69, 9.17) is 10.5 Å². The fourth-order valence-corrected chi connectivity index (χ4v) is 6.61. The van der Waals surface area contributed by atoms with Crippen molar-refractivity contribution in [2.24, 2.45) is 40.2 Å². The van der Waals surface area contributed by atoms with E-state index in [1.54, 1.807) is 0 Å². The Kier molecular flexibility index (Phi) is 3.93. The Labute approximate surface area is 150 Å². The highest BCUT2D eigenvalue weighted by Gasteiger charge is 2.59. The summed E-state index contributed by atoms with van der Waals surface area (Å²) in [5, 5.41) is 10.0. The predicted octanol–water partition coefficient (Wildman–Crippen LogP) is 3.16. The highest BCUT2D eigenvalue weighted by atomic mass is 16.5. The van der Waals surface area contributed by atoms with Crippen LogP contribution in [0.15, 0.2) is 24.0 Å². The molecule has 0 heterocycles. The summed E-state index contributed by atoms with van der Waals surface area (Å²) < 4.78 is 5.46. The minimum atomic E-state index is -0.279. The molecule has 4 heteroatoms. The number of esters is 1. The van der Waals surface area contributed by atoms with Crippen molar-refractivity contribution in [1.29, 1.82) is 0 Å². The summed E-state index contributed by atoms with van der Waals surface area (Å²) in [6.07, 6.45) is 11.7. The van der Waals surface area contributed by atoms with Crippen LogP contribution >= 0.6 is 0 Å². The Hall–Kier alpha value is -1.13. The molecule has 4 aliphatic carbocycles. The minimum absolute atomic E-state index is 0.00690. The van der Waals surface area contributed by atoms with Crippen molar-refractivity contribution >= 4 is 5.97 Å². The molecule has 0 radical (unpaired) electrons. The van der Waals surface area contributed by atoms with Gasteiger partial charge in [0.25, 0.3) is 0 Å². The molecule has 138 valence electrons. The zero-order valence-electron chi connectivity index (χ0n) is 15.6. The number of fused-ring (bicyclic) bond motifs is 5. The number of nitrogens with two attached hydrogens (primary N) is 1. The van der Waals surface area contributed by atoms with Crippen LogP contribution in [-0.4, -0.2) is 23.2 Å². The van der Waals surface area contributed by atoms with Crippen LogP contribution in [0.2, 0.25) is 0 Å². The smallest absolute Gasteiger partial charge is 0.307 e. The highest BCUT2D eigenvalue weighted by molar-refractivity contribution is 5.67. The standard InChI is InChI=1S/C21H31NO3/c1-12(23)25-18-11-17-15-5-4-13-10-14(24)6-8-20(13,2)16(15)7-9-21(17,3)19(18)22/h6,8,11,13-17,19,24H,4-5,7,9-10,22H2,1-3H3/t13-,14+,15-,16+,17+,19+,20+,21+/m1/s1. The Morgan fingerprint density at radius 1 is 1.32 bits per heavy atom. The number of carbonyl (C=O) groups excluding carboxylic acids is 1. The number of aliphatic hydroxyl groups excluding tert-OH is 1. The lowest BCUT2D eigenvalue weighted by Gasteiger charge is -2.59. The normalized spacial score (nSPS) is 51.2. The Morgan fingerprint density at radius 2 is 2.08 bits per heavy atom. The summed E-state index contributed by atoms with van der Waals surface area (Å²) in [5.41, 5.74) is 6.69. The number of aliphatic hydroxyl groups is 1. The maximum Gasteiger partial charge on any atom is 0.307 e. The zero-order chi connectivity index (χ0) is 18.0. The fourth-order valence-electron chi connectivity index (χ4n) is 6.61. The molecule has 4 rings (SSSR count). The summed E-state index contributed by atoms with van der Waals surface area (Å²) in [7, 11) is 0. The molecule has 0 aromatic rings. The third-order valence-corrected chi connectivity index (χ3v) is 8.09. The van der Waals surface area contributed by atoms with Crippen molar-refractivity contribution in [2.75, 3.05) is 0 Å². The molecule has 2 saturated carbocycles. The quantitative estimate of drug-likeness (QED) is 0.565. The van der Waals surface area contributed by atoms with Crippen molar-refractivity contribution in [3.63, 3.8) is 0 Å². The second-order valence-corrected chi connectivity index (χ2v) is 9.28. The minimum Gasteiger partial charge on any atom is -0.430 e. The first-order valence-corrected chi connectivity index (χ1v) is 9.79. The van der Waals surface area contributed by atoms with Gasteiger partial charge in [0.2, 0.25) is 0 Å². The number of rotatable bonds is 1. The molecule has 4 aliphatic rings. The van der Waals surface area contributed by atoms with Gasteiger partial charge in [-0.05, 0) is 72.7 Å². The molecule has 0 aromatic carbocycles. The molecule has 2 fully saturated rings. The van der Waals surface area contributed by atoms with E-state index in [2.05, 4.69) is 26.0 Å². The maximum atomic E-state index is 11.5. The van der Waals surface area contributed by atoms with Crippen LogP contribution in [0, 0.1) is 34.5 Å². The van der Waals surface area contributed by atoms with Gasteiger partial charge in [0, 0.05) is 6.92 Å². The summed E-state index contributed by atoms with van der Waals surface area (Å²) in [4.78, 5) is 11.5. The van der Waals surface area contributed by atoms with Gasteiger partial charge in [-0.15, -0.1) is 0 Å². The van der Waals surface area contributed by atoms with E-state index < -0.39 is 0 Å². The Morgan fingerprint density at radius 3 is 2.80 bits per heavy atom. The van der Waals surface area contributed by atoms with Crippen LogP contribution in [-0.2, 0) is 9.53 Å². The maximum absolute atomic E-state index is 11.5. The number of ether oxygens (including phenoxy) is 1. The molecule has 8 atom stereocenters. The van der Waals surface area contributed by atoms with Crippen LogP contribution in [0.3, 0.4) is 0 Å². The molecule has 4 nitrogen and oxygen atoms in total. The number of carbonyl (C=O) groups is 1. The van der Waals surface area contributed by atoms with Crippen molar-refractivity contribution in [3.8, 4) is 0 Å². The second kappa shape index (κ2) is 5.68. The van der Waals surface area contributed by atoms with Gasteiger partial charge in [-0.2, -0.15) is 0 Å². The first-order chi connectivity index (χ1) is 11.8. The summed E-state index contributed by atoms with van der Waals surface area (Å²) in [6, 6.07) is -0.184. The lowest BCUT2D eigenvalue weighted by molar-refractivity contribution is -0.137. The summed E-state index contributed by atoms with van der Waals surface area (Å²) in [5.74, 6) is 2.56. The number of hydrogen-bond acceptors (Lipinski definition) is 4. The lowest BCUT2D eigenvalue weighted by atomic mass is 9.46. The molecule has 0 spiro atoms.